The fraction of sp³-hybridized carbons (Fsp3) is 0.200. The van der Waals surface area contributed by atoms with Crippen LogP contribution in [0.3, 0.4) is 0 Å². The summed E-state index contributed by atoms with van der Waals surface area (Å²) in [7, 11) is 1.32. The normalized spacial score (nSPS) is 11.3. The molecular formula is C15H13ClF3NO. The number of halogens is 4. The van der Waals surface area contributed by atoms with Crippen LogP contribution in [0, 0.1) is 6.92 Å². The molecule has 0 spiro atoms. The van der Waals surface area contributed by atoms with Gasteiger partial charge in [0.15, 0.2) is 0 Å². The molecule has 0 saturated heterocycles. The van der Waals surface area contributed by atoms with E-state index in [1.807, 2.05) is 6.92 Å². The number of nitrogens with one attached hydrogen (secondary N) is 1. The second-order valence-electron chi connectivity index (χ2n) is 4.50. The summed E-state index contributed by atoms with van der Waals surface area (Å²) in [6, 6.07) is 8.75. The van der Waals surface area contributed by atoms with Crippen LogP contribution in [0.2, 0.25) is 5.02 Å². The number of alkyl halides is 3. The monoisotopic (exact) mass is 315 g/mol. The van der Waals surface area contributed by atoms with Gasteiger partial charge in [0.1, 0.15) is 5.75 Å². The van der Waals surface area contributed by atoms with Gasteiger partial charge in [-0.15, -0.1) is 0 Å². The lowest BCUT2D eigenvalue weighted by Gasteiger charge is -2.16. The zero-order valence-electron chi connectivity index (χ0n) is 11.4. The molecule has 112 valence electrons. The predicted molar refractivity (Wildman–Crippen MR) is 77.5 cm³/mol. The lowest BCUT2D eigenvalue weighted by molar-refractivity contribution is -0.137. The summed E-state index contributed by atoms with van der Waals surface area (Å²) in [6.45, 7) is 1.82. The molecule has 0 amide bonds. The molecule has 0 atom stereocenters. The summed E-state index contributed by atoms with van der Waals surface area (Å²) in [4.78, 5) is 0. The van der Waals surface area contributed by atoms with E-state index < -0.39 is 11.7 Å². The first-order valence-corrected chi connectivity index (χ1v) is 6.47. The minimum Gasteiger partial charge on any atom is -0.497 e. The van der Waals surface area contributed by atoms with Crippen LogP contribution in [-0.4, -0.2) is 7.11 Å². The largest absolute Gasteiger partial charge is 0.497 e. The third kappa shape index (κ3) is 3.61. The molecule has 6 heteroatoms. The van der Waals surface area contributed by atoms with Crippen molar-refractivity contribution in [2.45, 2.75) is 13.1 Å². The Morgan fingerprint density at radius 1 is 1.10 bits per heavy atom. The number of aryl methyl sites for hydroxylation is 1. The van der Waals surface area contributed by atoms with Crippen LogP contribution >= 0.6 is 11.6 Å². The summed E-state index contributed by atoms with van der Waals surface area (Å²) in [5.74, 6) is 0.148. The number of rotatable bonds is 3. The van der Waals surface area contributed by atoms with Gasteiger partial charge in [-0.1, -0.05) is 17.7 Å². The lowest BCUT2D eigenvalue weighted by Crippen LogP contribution is -2.09. The Morgan fingerprint density at radius 2 is 1.81 bits per heavy atom. The Hall–Kier alpha value is -1.88. The molecule has 0 aliphatic rings. The van der Waals surface area contributed by atoms with E-state index in [0.29, 0.717) is 10.7 Å². The topological polar surface area (TPSA) is 21.3 Å². The smallest absolute Gasteiger partial charge is 0.418 e. The van der Waals surface area contributed by atoms with Crippen molar-refractivity contribution in [3.05, 3.63) is 52.5 Å². The Morgan fingerprint density at radius 3 is 2.38 bits per heavy atom. The van der Waals surface area contributed by atoms with Gasteiger partial charge in [-0.05, 0) is 42.8 Å². The molecule has 0 heterocycles. The van der Waals surface area contributed by atoms with Gasteiger partial charge < -0.3 is 10.1 Å². The van der Waals surface area contributed by atoms with E-state index >= 15 is 0 Å². The standard InChI is InChI=1S/C15H13ClF3NO/c1-9-3-4-10(7-13(9)16)20-14-6-5-11(21-2)8-12(14)15(17,18)19/h3-8,20H,1-2H3. The molecular weight excluding hydrogens is 303 g/mol. The maximum absolute atomic E-state index is 13.1. The van der Waals surface area contributed by atoms with E-state index in [-0.39, 0.29) is 11.4 Å². The number of hydrogen-bond acceptors (Lipinski definition) is 2. The minimum atomic E-state index is -4.48. The highest BCUT2D eigenvalue weighted by Crippen LogP contribution is 2.38. The van der Waals surface area contributed by atoms with Crippen molar-refractivity contribution in [2.24, 2.45) is 0 Å². The molecule has 21 heavy (non-hydrogen) atoms. The van der Waals surface area contributed by atoms with Crippen molar-refractivity contribution < 1.29 is 17.9 Å². The summed E-state index contributed by atoms with van der Waals surface area (Å²) in [6.07, 6.45) is -4.48. The van der Waals surface area contributed by atoms with E-state index in [1.165, 1.54) is 19.2 Å². The predicted octanol–water partition coefficient (Wildman–Crippen LogP) is 5.42. The van der Waals surface area contributed by atoms with Gasteiger partial charge in [-0.25, -0.2) is 0 Å². The van der Waals surface area contributed by atoms with Crippen LogP contribution in [0.25, 0.3) is 0 Å². The van der Waals surface area contributed by atoms with Gasteiger partial charge in [0.05, 0.1) is 18.4 Å². The number of methoxy groups -OCH3 is 1. The van der Waals surface area contributed by atoms with E-state index in [4.69, 9.17) is 16.3 Å². The average Bonchev–Trinajstić information content (AvgIpc) is 2.42. The first-order valence-electron chi connectivity index (χ1n) is 6.09. The Bertz CT molecular complexity index is 656. The quantitative estimate of drug-likeness (QED) is 0.816. The van der Waals surface area contributed by atoms with Gasteiger partial charge in [0.25, 0.3) is 0 Å². The van der Waals surface area contributed by atoms with E-state index in [9.17, 15) is 13.2 Å². The average molecular weight is 316 g/mol. The summed E-state index contributed by atoms with van der Waals surface area (Å²) < 4.78 is 44.1. The highest BCUT2D eigenvalue weighted by atomic mass is 35.5. The first-order chi connectivity index (χ1) is 9.81. The van der Waals surface area contributed by atoms with Gasteiger partial charge >= 0.3 is 6.18 Å². The molecule has 0 radical (unpaired) electrons. The van der Waals surface area contributed by atoms with Crippen molar-refractivity contribution in [3.8, 4) is 5.75 Å². The van der Waals surface area contributed by atoms with Gasteiger partial charge in [0.2, 0.25) is 0 Å². The molecule has 2 aromatic rings. The number of benzene rings is 2. The zero-order valence-corrected chi connectivity index (χ0v) is 12.1. The van der Waals surface area contributed by atoms with Gasteiger partial charge in [0, 0.05) is 10.7 Å². The molecule has 0 bridgehead atoms. The number of anilines is 2. The third-order valence-corrected chi connectivity index (χ3v) is 3.39. The molecule has 1 N–H and O–H groups in total. The fourth-order valence-corrected chi connectivity index (χ4v) is 2.00. The van der Waals surface area contributed by atoms with Crippen molar-refractivity contribution in [1.29, 1.82) is 0 Å². The molecule has 2 nitrogen and oxygen atoms in total. The summed E-state index contributed by atoms with van der Waals surface area (Å²) >= 11 is 5.98. The highest BCUT2D eigenvalue weighted by molar-refractivity contribution is 6.31. The minimum absolute atomic E-state index is 0.0526. The Labute approximate surface area is 125 Å². The fourth-order valence-electron chi connectivity index (χ4n) is 1.82. The van der Waals surface area contributed by atoms with Crippen LogP contribution < -0.4 is 10.1 Å². The van der Waals surface area contributed by atoms with Crippen molar-refractivity contribution in [3.63, 3.8) is 0 Å². The molecule has 0 fully saturated rings. The summed E-state index contributed by atoms with van der Waals surface area (Å²) in [5.41, 5.74) is 0.496. The van der Waals surface area contributed by atoms with Crippen molar-refractivity contribution in [2.75, 3.05) is 12.4 Å². The molecule has 0 saturated carbocycles. The second-order valence-corrected chi connectivity index (χ2v) is 4.91. The first kappa shape index (κ1) is 15.5. The van der Waals surface area contributed by atoms with Gasteiger partial charge in [-0.2, -0.15) is 13.2 Å². The Kier molecular flexibility index (Phi) is 4.32. The SMILES string of the molecule is COc1ccc(Nc2ccc(C)c(Cl)c2)c(C(F)(F)F)c1. The van der Waals surface area contributed by atoms with E-state index in [2.05, 4.69) is 5.32 Å². The van der Waals surface area contributed by atoms with E-state index in [1.54, 1.807) is 18.2 Å². The Balaban J connectivity index is 2.41. The van der Waals surface area contributed by atoms with Crippen molar-refractivity contribution in [1.82, 2.24) is 0 Å². The lowest BCUT2D eigenvalue weighted by atomic mass is 10.1. The molecule has 0 aliphatic heterocycles. The number of ether oxygens (including phenoxy) is 1. The molecule has 0 aromatic heterocycles. The molecule has 0 aliphatic carbocycles. The van der Waals surface area contributed by atoms with Crippen LogP contribution in [-0.2, 0) is 6.18 Å². The van der Waals surface area contributed by atoms with Gasteiger partial charge in [-0.3, -0.25) is 0 Å². The van der Waals surface area contributed by atoms with Crippen LogP contribution in [0.1, 0.15) is 11.1 Å². The highest BCUT2D eigenvalue weighted by Gasteiger charge is 2.34. The van der Waals surface area contributed by atoms with Crippen LogP contribution in [0.15, 0.2) is 36.4 Å². The molecule has 0 unspecified atom stereocenters. The maximum Gasteiger partial charge on any atom is 0.418 e. The summed E-state index contributed by atoms with van der Waals surface area (Å²) in [5, 5.41) is 3.23. The third-order valence-electron chi connectivity index (χ3n) is 2.98. The number of hydrogen-bond donors (Lipinski definition) is 1. The second kappa shape index (κ2) is 5.85. The zero-order chi connectivity index (χ0) is 15.6. The van der Waals surface area contributed by atoms with Crippen LogP contribution in [0.4, 0.5) is 24.5 Å². The molecule has 2 aromatic carbocycles. The maximum atomic E-state index is 13.1. The van der Waals surface area contributed by atoms with Crippen LogP contribution in [0.5, 0.6) is 5.75 Å². The van der Waals surface area contributed by atoms with Crippen molar-refractivity contribution >= 4 is 23.0 Å². The molecule has 2 rings (SSSR count). The van der Waals surface area contributed by atoms with E-state index in [0.717, 1.165) is 11.6 Å².